The van der Waals surface area contributed by atoms with Crippen LogP contribution in [0.15, 0.2) is 36.4 Å². The predicted molar refractivity (Wildman–Crippen MR) is 149 cm³/mol. The number of nitrogens with one attached hydrogen (secondary N) is 3. The third-order valence-electron chi connectivity index (χ3n) is 9.26. The summed E-state index contributed by atoms with van der Waals surface area (Å²) in [6.07, 6.45) is -1.14. The largest absolute Gasteiger partial charge is 0.379 e. The normalized spacial score (nSPS) is 28.6. The number of nitrogens with zero attached hydrogens (tertiary/aromatic N) is 1. The van der Waals surface area contributed by atoms with Gasteiger partial charge in [-0.05, 0) is 42.2 Å². The monoisotopic (exact) mass is 610 g/mol. The van der Waals surface area contributed by atoms with Gasteiger partial charge in [0.15, 0.2) is 0 Å². The van der Waals surface area contributed by atoms with Gasteiger partial charge in [0.2, 0.25) is 17.7 Å². The molecular weight excluding hydrogens is 580 g/mol. The Morgan fingerprint density at radius 2 is 1.83 bits per heavy atom. The van der Waals surface area contributed by atoms with Gasteiger partial charge in [-0.2, -0.15) is 0 Å². The number of halogens is 5. The number of carbonyl (C=O) groups is 2. The van der Waals surface area contributed by atoms with Gasteiger partial charge in [0.1, 0.15) is 11.2 Å². The predicted octanol–water partition coefficient (Wildman–Crippen LogP) is 4.47. The van der Waals surface area contributed by atoms with Gasteiger partial charge in [-0.3, -0.25) is 19.8 Å². The van der Waals surface area contributed by atoms with Crippen molar-refractivity contribution in [2.45, 2.75) is 54.5 Å². The summed E-state index contributed by atoms with van der Waals surface area (Å²) in [6.45, 7) is 3.62. The van der Waals surface area contributed by atoms with Gasteiger partial charge in [0.05, 0.1) is 24.3 Å². The number of benzene rings is 2. The number of ether oxygens (including phenoxy) is 1. The number of fused-ring (bicyclic) bond motifs is 3. The Kier molecular flexibility index (Phi) is 7.51. The lowest BCUT2D eigenvalue weighted by Crippen LogP contribution is -2.62. The molecule has 1 saturated carbocycles. The lowest BCUT2D eigenvalue weighted by Gasteiger charge is -2.48. The van der Waals surface area contributed by atoms with Gasteiger partial charge < -0.3 is 15.4 Å². The Bertz CT molecular complexity index is 1360. The highest BCUT2D eigenvalue weighted by molar-refractivity contribution is 6.31. The number of carbonyl (C=O) groups excluding carboxylic acids is 2. The number of hydrogen-bond donors (Lipinski definition) is 3. The molecule has 2 saturated heterocycles. The van der Waals surface area contributed by atoms with Crippen LogP contribution >= 0.6 is 23.2 Å². The van der Waals surface area contributed by atoms with E-state index in [1.54, 1.807) is 24.3 Å². The van der Waals surface area contributed by atoms with Gasteiger partial charge in [0, 0.05) is 61.2 Å². The Morgan fingerprint density at radius 1 is 1.10 bits per heavy atom. The van der Waals surface area contributed by atoms with Crippen LogP contribution in [0.4, 0.5) is 18.9 Å². The highest BCUT2D eigenvalue weighted by atomic mass is 35.5. The molecule has 0 aromatic heterocycles. The summed E-state index contributed by atoms with van der Waals surface area (Å²) < 4.78 is 50.4. The van der Waals surface area contributed by atoms with Crippen molar-refractivity contribution in [1.82, 2.24) is 15.5 Å². The standard InChI is InChI=1S/C29H31Cl2F3N4O3/c30-17-4-5-19-21(16-17)36-26(40)29(19)22(18-2-1-3-20(31)23(18)32)24(37-27(29)6-8-28(33,34)9-7-27)25(39)35-10-11-38-12-14-41-15-13-38/h1-5,16,22,24,37H,6-15H2,(H,35,39)(H,36,40)/t22-,24+,29-/m0/s1. The second-order valence-electron chi connectivity index (χ2n) is 11.4. The SMILES string of the molecule is O=C(NCCN1CCOCC1)[C@@H]1NC2(CCC(F)(F)CC2)[C@]2(C(=O)Nc3cc(Cl)ccc32)[C@H]1c1cccc(Cl)c1F. The van der Waals surface area contributed by atoms with Crippen LogP contribution < -0.4 is 16.0 Å². The molecule has 3 atom stereocenters. The van der Waals surface area contributed by atoms with Gasteiger partial charge in [-0.15, -0.1) is 0 Å². The van der Waals surface area contributed by atoms with Gasteiger partial charge in [0.25, 0.3) is 0 Å². The molecule has 3 heterocycles. The molecule has 2 aromatic carbocycles. The summed E-state index contributed by atoms with van der Waals surface area (Å²) in [4.78, 5) is 30.4. The molecule has 3 N–H and O–H groups in total. The molecule has 4 aliphatic rings. The summed E-state index contributed by atoms with van der Waals surface area (Å²) in [5.74, 6) is -5.67. The number of morpholine rings is 1. The third kappa shape index (κ3) is 4.72. The van der Waals surface area contributed by atoms with E-state index in [1.165, 1.54) is 12.1 Å². The van der Waals surface area contributed by atoms with Crippen molar-refractivity contribution in [3.8, 4) is 0 Å². The molecular formula is C29H31Cl2F3N4O3. The Hall–Kier alpha value is -2.37. The summed E-state index contributed by atoms with van der Waals surface area (Å²) in [5, 5.41) is 9.42. The molecule has 41 heavy (non-hydrogen) atoms. The Labute approximate surface area is 246 Å². The first-order valence-corrected chi connectivity index (χ1v) is 14.6. The molecule has 3 aliphatic heterocycles. The van der Waals surface area contributed by atoms with Gasteiger partial charge in [-0.1, -0.05) is 41.4 Å². The zero-order valence-electron chi connectivity index (χ0n) is 22.3. The number of amides is 2. The maximum absolute atomic E-state index is 15.9. The topological polar surface area (TPSA) is 82.7 Å². The fourth-order valence-corrected chi connectivity index (χ4v) is 7.73. The molecule has 7 nitrogen and oxygen atoms in total. The first-order valence-electron chi connectivity index (χ1n) is 13.9. The molecule has 1 aliphatic carbocycles. The van der Waals surface area contributed by atoms with E-state index in [0.29, 0.717) is 42.6 Å². The molecule has 0 bridgehead atoms. The maximum atomic E-state index is 15.9. The van der Waals surface area contributed by atoms with E-state index in [0.717, 1.165) is 13.1 Å². The number of anilines is 1. The van der Waals surface area contributed by atoms with Crippen LogP contribution in [0, 0.1) is 5.82 Å². The van der Waals surface area contributed by atoms with Crippen LogP contribution in [0.3, 0.4) is 0 Å². The van der Waals surface area contributed by atoms with E-state index in [1.807, 2.05) is 0 Å². The van der Waals surface area contributed by atoms with Crippen molar-refractivity contribution in [3.63, 3.8) is 0 Å². The maximum Gasteiger partial charge on any atom is 0.248 e. The second kappa shape index (κ2) is 10.7. The average molecular weight is 611 g/mol. The van der Waals surface area contributed by atoms with Crippen LogP contribution in [-0.2, 0) is 19.7 Å². The van der Waals surface area contributed by atoms with Gasteiger partial charge >= 0.3 is 0 Å². The molecule has 12 heteroatoms. The second-order valence-corrected chi connectivity index (χ2v) is 12.2. The number of rotatable bonds is 5. The van der Waals surface area contributed by atoms with Crippen molar-refractivity contribution < 1.29 is 27.5 Å². The summed E-state index contributed by atoms with van der Waals surface area (Å²) in [7, 11) is 0. The average Bonchev–Trinajstić information content (AvgIpc) is 3.40. The van der Waals surface area contributed by atoms with Crippen molar-refractivity contribution >= 4 is 40.7 Å². The fraction of sp³-hybridized carbons (Fsp3) is 0.517. The minimum absolute atomic E-state index is 0.0745. The van der Waals surface area contributed by atoms with E-state index in [9.17, 15) is 18.4 Å². The highest BCUT2D eigenvalue weighted by Gasteiger charge is 2.73. The van der Waals surface area contributed by atoms with E-state index in [2.05, 4.69) is 20.9 Å². The van der Waals surface area contributed by atoms with E-state index in [4.69, 9.17) is 27.9 Å². The summed E-state index contributed by atoms with van der Waals surface area (Å²) >= 11 is 12.5. The van der Waals surface area contributed by atoms with Crippen LogP contribution in [0.2, 0.25) is 10.0 Å². The third-order valence-corrected chi connectivity index (χ3v) is 9.79. The van der Waals surface area contributed by atoms with Crippen LogP contribution in [0.5, 0.6) is 0 Å². The fourth-order valence-electron chi connectivity index (χ4n) is 7.38. The quantitative estimate of drug-likeness (QED) is 0.465. The van der Waals surface area contributed by atoms with Crippen molar-refractivity contribution in [1.29, 1.82) is 0 Å². The summed E-state index contributed by atoms with van der Waals surface area (Å²) in [5.41, 5.74) is -1.85. The van der Waals surface area contributed by atoms with Crippen molar-refractivity contribution in [2.24, 2.45) is 0 Å². The molecule has 0 radical (unpaired) electrons. The van der Waals surface area contributed by atoms with Crippen molar-refractivity contribution in [3.05, 3.63) is 63.4 Å². The van der Waals surface area contributed by atoms with Crippen molar-refractivity contribution in [2.75, 3.05) is 44.7 Å². The zero-order valence-corrected chi connectivity index (χ0v) is 23.8. The first-order chi connectivity index (χ1) is 19.6. The van der Waals surface area contributed by atoms with E-state index < -0.39 is 59.3 Å². The van der Waals surface area contributed by atoms with Gasteiger partial charge in [-0.25, -0.2) is 13.2 Å². The molecule has 3 fully saturated rings. The first kappa shape index (κ1) is 28.7. The summed E-state index contributed by atoms with van der Waals surface area (Å²) in [6, 6.07) is 8.27. The number of hydrogen-bond acceptors (Lipinski definition) is 5. The molecule has 2 aromatic rings. The number of alkyl halides is 2. The zero-order chi connectivity index (χ0) is 29.0. The smallest absolute Gasteiger partial charge is 0.248 e. The Balaban J connectivity index is 1.47. The van der Waals surface area contributed by atoms with E-state index >= 15 is 4.39 Å². The molecule has 2 spiro atoms. The van der Waals surface area contributed by atoms with Crippen LogP contribution in [-0.4, -0.2) is 73.6 Å². The Morgan fingerprint density at radius 3 is 2.56 bits per heavy atom. The molecule has 220 valence electrons. The lowest BCUT2D eigenvalue weighted by atomic mass is 9.55. The minimum Gasteiger partial charge on any atom is -0.379 e. The van der Waals surface area contributed by atoms with Crippen LogP contribution in [0.1, 0.15) is 42.7 Å². The van der Waals surface area contributed by atoms with Crippen LogP contribution in [0.25, 0.3) is 0 Å². The molecule has 6 rings (SSSR count). The highest BCUT2D eigenvalue weighted by Crippen LogP contribution is 2.63. The molecule has 2 amide bonds. The molecule has 0 unspecified atom stereocenters. The van der Waals surface area contributed by atoms with E-state index in [-0.39, 0.29) is 23.4 Å². The minimum atomic E-state index is -2.92. The lowest BCUT2D eigenvalue weighted by molar-refractivity contribution is -0.126.